The maximum Gasteiger partial charge on any atom is 0.193 e. The van der Waals surface area contributed by atoms with Crippen molar-refractivity contribution in [3.05, 3.63) is 54.6 Å². The molecule has 130 valence electrons. The van der Waals surface area contributed by atoms with Crippen molar-refractivity contribution in [1.29, 1.82) is 0 Å². The molecule has 2 aromatic rings. The Labute approximate surface area is 159 Å². The first-order chi connectivity index (χ1) is 11.0. The molecule has 2 aromatic carbocycles. The van der Waals surface area contributed by atoms with Crippen LogP contribution in [-0.4, -0.2) is 33.8 Å². The molecule has 0 aliphatic carbocycles. The molecular formula is C16H20IN3O3S. The Morgan fingerprint density at radius 3 is 2.42 bits per heavy atom. The Hall–Kier alpha value is -1.81. The van der Waals surface area contributed by atoms with Crippen molar-refractivity contribution >= 4 is 45.5 Å². The summed E-state index contributed by atoms with van der Waals surface area (Å²) in [6.45, 7) is 0.0746. The number of aliphatic imine (C=N–C) groups is 1. The second-order valence-corrected chi connectivity index (χ2v) is 6.83. The minimum atomic E-state index is -3.36. The van der Waals surface area contributed by atoms with Crippen molar-refractivity contribution < 1.29 is 13.2 Å². The third-order valence-corrected chi connectivity index (χ3v) is 4.82. The third-order valence-electron chi connectivity index (χ3n) is 3.11. The molecule has 24 heavy (non-hydrogen) atoms. The molecule has 0 atom stereocenters. The number of sulfone groups is 1. The van der Waals surface area contributed by atoms with Crippen LogP contribution in [-0.2, 0) is 9.84 Å². The van der Waals surface area contributed by atoms with Crippen LogP contribution in [0, 0.1) is 0 Å². The number of nitrogens with one attached hydrogen (secondary N) is 1. The van der Waals surface area contributed by atoms with Gasteiger partial charge in [0.2, 0.25) is 0 Å². The number of para-hydroxylation sites is 2. The summed E-state index contributed by atoms with van der Waals surface area (Å²) in [6.07, 6.45) is 0. The molecule has 0 aliphatic rings. The molecule has 2 rings (SSSR count). The van der Waals surface area contributed by atoms with Crippen LogP contribution in [0.15, 0.2) is 64.5 Å². The number of anilines is 1. The average molecular weight is 461 g/mol. The summed E-state index contributed by atoms with van der Waals surface area (Å²) in [5.41, 5.74) is 6.45. The van der Waals surface area contributed by atoms with E-state index in [2.05, 4.69) is 10.3 Å². The second kappa shape index (κ2) is 9.48. The van der Waals surface area contributed by atoms with Crippen LogP contribution in [0.2, 0.25) is 0 Å². The Morgan fingerprint density at radius 2 is 1.75 bits per heavy atom. The lowest BCUT2D eigenvalue weighted by molar-refractivity contribution is 0.417. The monoisotopic (exact) mass is 461 g/mol. The fourth-order valence-electron chi connectivity index (χ4n) is 1.96. The molecule has 0 aliphatic heterocycles. The Balaban J connectivity index is 0.00000288. The summed E-state index contributed by atoms with van der Waals surface area (Å²) in [6, 6.07) is 15.5. The third kappa shape index (κ3) is 5.68. The topological polar surface area (TPSA) is 93.8 Å². The number of guanidine groups is 1. The largest absolute Gasteiger partial charge is 0.495 e. The van der Waals surface area contributed by atoms with Gasteiger partial charge in [0.05, 0.1) is 30.0 Å². The average Bonchev–Trinajstić information content (AvgIpc) is 2.56. The zero-order chi connectivity index (χ0) is 16.7. The van der Waals surface area contributed by atoms with Crippen LogP contribution in [0.1, 0.15) is 0 Å². The first-order valence-electron chi connectivity index (χ1n) is 7.01. The SMILES string of the molecule is COc1ccccc1NC(N)=NCCS(=O)(=O)c1ccccc1.I. The van der Waals surface area contributed by atoms with Crippen LogP contribution < -0.4 is 15.8 Å². The number of methoxy groups -OCH3 is 1. The molecule has 0 unspecified atom stereocenters. The van der Waals surface area contributed by atoms with E-state index in [0.717, 1.165) is 0 Å². The minimum absolute atomic E-state index is 0. The highest BCUT2D eigenvalue weighted by Crippen LogP contribution is 2.22. The van der Waals surface area contributed by atoms with Crippen molar-refractivity contribution in [2.75, 3.05) is 24.7 Å². The van der Waals surface area contributed by atoms with Crippen LogP contribution >= 0.6 is 24.0 Å². The molecule has 0 saturated heterocycles. The standard InChI is InChI=1S/C16H19N3O3S.HI/c1-22-15-10-6-5-9-14(15)19-16(17)18-11-12-23(20,21)13-7-3-2-4-8-13;/h2-10H,11-12H2,1H3,(H3,17,18,19);1H. The van der Waals surface area contributed by atoms with E-state index >= 15 is 0 Å². The van der Waals surface area contributed by atoms with E-state index in [1.54, 1.807) is 49.6 Å². The lowest BCUT2D eigenvalue weighted by Crippen LogP contribution is -2.24. The van der Waals surface area contributed by atoms with Crippen molar-refractivity contribution in [3.8, 4) is 5.75 Å². The molecule has 0 fully saturated rings. The van der Waals surface area contributed by atoms with Gasteiger partial charge >= 0.3 is 0 Å². The van der Waals surface area contributed by atoms with Gasteiger partial charge in [0.1, 0.15) is 5.75 Å². The van der Waals surface area contributed by atoms with Gasteiger partial charge in [-0.15, -0.1) is 24.0 Å². The quantitative estimate of drug-likeness (QED) is 0.392. The van der Waals surface area contributed by atoms with Gasteiger partial charge in [0, 0.05) is 0 Å². The lowest BCUT2D eigenvalue weighted by atomic mass is 10.3. The first kappa shape index (κ1) is 20.2. The zero-order valence-corrected chi connectivity index (χ0v) is 16.3. The molecule has 0 saturated carbocycles. The van der Waals surface area contributed by atoms with Gasteiger partial charge in [-0.25, -0.2) is 8.42 Å². The Kier molecular flexibility index (Phi) is 7.99. The number of rotatable bonds is 6. The van der Waals surface area contributed by atoms with Gasteiger partial charge in [-0.05, 0) is 24.3 Å². The highest BCUT2D eigenvalue weighted by molar-refractivity contribution is 14.0. The normalized spacial score (nSPS) is 11.5. The maximum atomic E-state index is 12.1. The smallest absolute Gasteiger partial charge is 0.193 e. The number of hydrogen-bond donors (Lipinski definition) is 2. The van der Waals surface area contributed by atoms with Crippen molar-refractivity contribution in [1.82, 2.24) is 0 Å². The predicted molar refractivity (Wildman–Crippen MR) is 107 cm³/mol. The summed E-state index contributed by atoms with van der Waals surface area (Å²) in [7, 11) is -1.80. The summed E-state index contributed by atoms with van der Waals surface area (Å²) < 4.78 is 29.4. The summed E-state index contributed by atoms with van der Waals surface area (Å²) in [5, 5.41) is 2.90. The molecule has 0 aromatic heterocycles. The molecule has 0 heterocycles. The fourth-order valence-corrected chi connectivity index (χ4v) is 3.10. The van der Waals surface area contributed by atoms with E-state index in [1.807, 2.05) is 12.1 Å². The minimum Gasteiger partial charge on any atom is -0.495 e. The number of ether oxygens (including phenoxy) is 1. The van der Waals surface area contributed by atoms with Gasteiger partial charge in [-0.2, -0.15) is 0 Å². The first-order valence-corrected chi connectivity index (χ1v) is 8.66. The number of hydrogen-bond acceptors (Lipinski definition) is 4. The Morgan fingerprint density at radius 1 is 1.12 bits per heavy atom. The van der Waals surface area contributed by atoms with Crippen LogP contribution in [0.25, 0.3) is 0 Å². The van der Waals surface area contributed by atoms with E-state index in [1.165, 1.54) is 0 Å². The van der Waals surface area contributed by atoms with E-state index in [9.17, 15) is 8.42 Å². The van der Waals surface area contributed by atoms with Crippen molar-refractivity contribution in [2.24, 2.45) is 10.7 Å². The molecule has 8 heteroatoms. The maximum absolute atomic E-state index is 12.1. The summed E-state index contributed by atoms with van der Waals surface area (Å²) >= 11 is 0. The molecule has 0 bridgehead atoms. The van der Waals surface area contributed by atoms with Crippen molar-refractivity contribution in [3.63, 3.8) is 0 Å². The van der Waals surface area contributed by atoms with Gasteiger partial charge in [0.25, 0.3) is 0 Å². The van der Waals surface area contributed by atoms with E-state index in [4.69, 9.17) is 10.5 Å². The summed E-state index contributed by atoms with van der Waals surface area (Å²) in [5.74, 6) is 0.658. The Bertz CT molecular complexity index is 780. The highest BCUT2D eigenvalue weighted by atomic mass is 127. The molecule has 6 nitrogen and oxygen atoms in total. The van der Waals surface area contributed by atoms with Crippen LogP contribution in [0.5, 0.6) is 5.75 Å². The zero-order valence-electron chi connectivity index (χ0n) is 13.2. The number of benzene rings is 2. The molecule has 0 spiro atoms. The lowest BCUT2D eigenvalue weighted by Gasteiger charge is -2.10. The molecular weight excluding hydrogens is 441 g/mol. The van der Waals surface area contributed by atoms with Crippen LogP contribution in [0.3, 0.4) is 0 Å². The van der Waals surface area contributed by atoms with E-state index in [0.29, 0.717) is 11.4 Å². The molecule has 0 amide bonds. The predicted octanol–water partition coefficient (Wildman–Crippen LogP) is 2.51. The molecule has 3 N–H and O–H groups in total. The van der Waals surface area contributed by atoms with Gasteiger partial charge in [-0.3, -0.25) is 4.99 Å². The highest BCUT2D eigenvalue weighted by Gasteiger charge is 2.13. The fraction of sp³-hybridized carbons (Fsp3) is 0.188. The van der Waals surface area contributed by atoms with Crippen LogP contribution in [0.4, 0.5) is 5.69 Å². The van der Waals surface area contributed by atoms with E-state index < -0.39 is 9.84 Å². The van der Waals surface area contributed by atoms with Gasteiger partial charge in [-0.1, -0.05) is 30.3 Å². The van der Waals surface area contributed by atoms with Gasteiger partial charge < -0.3 is 15.8 Å². The summed E-state index contributed by atoms with van der Waals surface area (Å²) in [4.78, 5) is 4.34. The number of halogens is 1. The van der Waals surface area contributed by atoms with Crippen molar-refractivity contribution in [2.45, 2.75) is 4.90 Å². The number of nitrogens with two attached hydrogens (primary N) is 1. The second-order valence-electron chi connectivity index (χ2n) is 4.72. The molecule has 0 radical (unpaired) electrons. The van der Waals surface area contributed by atoms with E-state index in [-0.39, 0.29) is 47.1 Å². The van der Waals surface area contributed by atoms with Gasteiger partial charge in [0.15, 0.2) is 15.8 Å². The number of nitrogens with zero attached hydrogens (tertiary/aromatic N) is 1.